The molecule has 5 rings (SSSR count). The van der Waals surface area contributed by atoms with Crippen molar-refractivity contribution in [1.82, 2.24) is 0 Å². The number of benzene rings is 4. The van der Waals surface area contributed by atoms with Crippen LogP contribution in [0.25, 0.3) is 0 Å². The molecule has 0 saturated carbocycles. The largest absolute Gasteiger partial charge is 0.507 e. The minimum absolute atomic E-state index is 0.00830. The maximum Gasteiger partial charge on any atom is 0.359 e. The Balaban J connectivity index is 2.01. The highest BCUT2D eigenvalue weighted by atomic mass is 16.6. The van der Waals surface area contributed by atoms with E-state index >= 15 is 0 Å². The first-order valence-corrected chi connectivity index (χ1v) is 24.5. The maximum atomic E-state index is 13.7. The molecule has 12 heteroatoms. The molecule has 0 amide bonds. The number of carbonyl (C=O) groups is 4. The Kier molecular flexibility index (Phi) is 16.9. The summed E-state index contributed by atoms with van der Waals surface area (Å²) in [7, 11) is 0. The van der Waals surface area contributed by atoms with E-state index < -0.39 is 57.7 Å². The van der Waals surface area contributed by atoms with Gasteiger partial charge in [0.25, 0.3) is 12.2 Å². The average Bonchev–Trinajstić information content (AvgIpc) is 3.23. The molecule has 0 spiro atoms. The van der Waals surface area contributed by atoms with Gasteiger partial charge >= 0.3 is 23.9 Å². The molecule has 0 heterocycles. The van der Waals surface area contributed by atoms with Crippen molar-refractivity contribution in [2.45, 2.75) is 170 Å². The van der Waals surface area contributed by atoms with Crippen molar-refractivity contribution in [1.29, 1.82) is 0 Å². The molecule has 380 valence electrons. The Morgan fingerprint density at radius 1 is 0.386 bits per heavy atom. The third kappa shape index (κ3) is 12.8. The summed E-state index contributed by atoms with van der Waals surface area (Å²) in [5.74, 6) is -3.25. The van der Waals surface area contributed by atoms with Gasteiger partial charge in [0.1, 0.15) is 23.0 Å². The van der Waals surface area contributed by atoms with Crippen molar-refractivity contribution in [3.05, 3.63) is 115 Å². The lowest BCUT2D eigenvalue weighted by atomic mass is 9.79. The van der Waals surface area contributed by atoms with Gasteiger partial charge in [-0.15, -0.1) is 0 Å². The lowest BCUT2D eigenvalue weighted by molar-refractivity contribution is -0.167. The third-order valence-electron chi connectivity index (χ3n) is 12.5. The SMILES string of the molecule is CCOC(=O)C(Oc1c2cc(C(C)(C)C)cc1Cc1cc(C(C)(C)C)cc(c1O)Cc1cc(C(C)(C)C)cc(c1OC(C(=O)OCC)C(=O)OCC)Cc1cc(C(C)(C)C)cc(c1O)C2)C(=O)OCC. The lowest BCUT2D eigenvalue weighted by Crippen LogP contribution is -2.39. The molecule has 8 bridgehead atoms. The van der Waals surface area contributed by atoms with Gasteiger partial charge in [0.15, 0.2) is 0 Å². The first-order chi connectivity index (χ1) is 32.5. The van der Waals surface area contributed by atoms with E-state index in [1.807, 2.05) is 48.5 Å². The Labute approximate surface area is 415 Å². The number of aromatic hydroxyl groups is 2. The summed E-state index contributed by atoms with van der Waals surface area (Å²) in [5.41, 5.74) is 6.37. The molecule has 4 aromatic rings. The standard InChI is InChI=1S/C58H76O12/c1-17-65-51(61)49(52(62)66-18-2)69-47-37-21-33-25-41(55(5,6)7)27-35(45(33)59)23-39-31-44(58(14,15)16)32-40(48(39)70-50(53(63)67-19-3)54(64)68-20-4)24-36-28-42(56(8,9)10)26-34(46(36)60)22-38(47)30-43(29-37)57(11,12)13/h25-32,49-50,59-60H,17-24H2,1-16H3. The highest BCUT2D eigenvalue weighted by Crippen LogP contribution is 2.44. The molecule has 0 aromatic heterocycles. The van der Waals surface area contributed by atoms with Gasteiger partial charge in [-0.05, 0) is 116 Å². The first kappa shape index (κ1) is 54.9. The van der Waals surface area contributed by atoms with E-state index in [2.05, 4.69) is 83.1 Å². The summed E-state index contributed by atoms with van der Waals surface area (Å²) in [4.78, 5) is 54.7. The van der Waals surface area contributed by atoms with Gasteiger partial charge in [-0.1, -0.05) is 132 Å². The van der Waals surface area contributed by atoms with E-state index in [0.717, 1.165) is 22.3 Å². The molecule has 12 nitrogen and oxygen atoms in total. The molecule has 0 atom stereocenters. The van der Waals surface area contributed by atoms with Crippen LogP contribution in [0.3, 0.4) is 0 Å². The fourth-order valence-electron chi connectivity index (χ4n) is 8.44. The fraction of sp³-hybridized carbons (Fsp3) is 0.517. The van der Waals surface area contributed by atoms with Crippen LogP contribution in [0.4, 0.5) is 0 Å². The van der Waals surface area contributed by atoms with Gasteiger partial charge in [0, 0.05) is 25.7 Å². The number of phenolic OH excluding ortho intramolecular Hbond substituents is 2. The number of ether oxygens (including phenoxy) is 6. The minimum atomic E-state index is -1.79. The topological polar surface area (TPSA) is 164 Å². The molecule has 4 aromatic carbocycles. The molecular weight excluding hydrogens is 889 g/mol. The van der Waals surface area contributed by atoms with Crippen molar-refractivity contribution in [3.8, 4) is 23.0 Å². The van der Waals surface area contributed by atoms with Crippen LogP contribution in [-0.2, 0) is 85.5 Å². The number of hydrogen-bond acceptors (Lipinski definition) is 12. The molecule has 1 aliphatic carbocycles. The van der Waals surface area contributed by atoms with Crippen LogP contribution in [0.1, 0.15) is 178 Å². The second-order valence-electron chi connectivity index (χ2n) is 22.2. The Morgan fingerprint density at radius 2 is 0.571 bits per heavy atom. The van der Waals surface area contributed by atoms with E-state index in [-0.39, 0.29) is 75.1 Å². The predicted octanol–water partition coefficient (Wildman–Crippen LogP) is 10.7. The Morgan fingerprint density at radius 3 is 0.743 bits per heavy atom. The molecule has 0 saturated heterocycles. The van der Waals surface area contributed by atoms with E-state index in [1.165, 1.54) is 0 Å². The first-order valence-electron chi connectivity index (χ1n) is 24.5. The fourth-order valence-corrected chi connectivity index (χ4v) is 8.44. The average molecular weight is 965 g/mol. The van der Waals surface area contributed by atoms with Crippen molar-refractivity contribution in [2.75, 3.05) is 26.4 Å². The zero-order chi connectivity index (χ0) is 52.3. The van der Waals surface area contributed by atoms with Crippen molar-refractivity contribution < 1.29 is 57.8 Å². The smallest absolute Gasteiger partial charge is 0.359 e. The van der Waals surface area contributed by atoms with Crippen LogP contribution in [0.15, 0.2) is 48.5 Å². The van der Waals surface area contributed by atoms with E-state index in [4.69, 9.17) is 28.4 Å². The molecule has 0 aliphatic heterocycles. The van der Waals surface area contributed by atoms with Crippen molar-refractivity contribution in [3.63, 3.8) is 0 Å². The van der Waals surface area contributed by atoms with Crippen LogP contribution in [0.2, 0.25) is 0 Å². The second kappa shape index (κ2) is 21.5. The third-order valence-corrected chi connectivity index (χ3v) is 12.5. The maximum absolute atomic E-state index is 13.7. The van der Waals surface area contributed by atoms with E-state index in [1.54, 1.807) is 27.7 Å². The molecule has 0 radical (unpaired) electrons. The summed E-state index contributed by atoms with van der Waals surface area (Å²) in [6.45, 7) is 31.5. The molecule has 1 aliphatic rings. The van der Waals surface area contributed by atoms with Crippen molar-refractivity contribution in [2.24, 2.45) is 0 Å². The normalized spacial score (nSPS) is 13.2. The van der Waals surface area contributed by atoms with E-state index in [0.29, 0.717) is 44.5 Å². The summed E-state index contributed by atoms with van der Waals surface area (Å²) in [6.07, 6.45) is -3.25. The van der Waals surface area contributed by atoms with Crippen LogP contribution in [0.5, 0.6) is 23.0 Å². The van der Waals surface area contributed by atoms with Gasteiger partial charge < -0.3 is 38.6 Å². The van der Waals surface area contributed by atoms with Crippen LogP contribution < -0.4 is 9.47 Å². The molecule has 0 fully saturated rings. The highest BCUT2D eigenvalue weighted by molar-refractivity contribution is 5.99. The number of fused-ring (bicyclic) bond motifs is 8. The summed E-state index contributed by atoms with van der Waals surface area (Å²) >= 11 is 0. The van der Waals surface area contributed by atoms with Gasteiger partial charge in [-0.2, -0.15) is 0 Å². The second-order valence-corrected chi connectivity index (χ2v) is 22.2. The lowest BCUT2D eigenvalue weighted by Gasteiger charge is -2.29. The van der Waals surface area contributed by atoms with Gasteiger partial charge in [0.05, 0.1) is 26.4 Å². The molecule has 70 heavy (non-hydrogen) atoms. The zero-order valence-corrected chi connectivity index (χ0v) is 44.4. The summed E-state index contributed by atoms with van der Waals surface area (Å²) in [5, 5.41) is 25.4. The summed E-state index contributed by atoms with van der Waals surface area (Å²) in [6, 6.07) is 15.7. The van der Waals surface area contributed by atoms with Crippen LogP contribution in [-0.4, -0.2) is 72.7 Å². The van der Waals surface area contributed by atoms with E-state index in [9.17, 15) is 29.4 Å². The highest BCUT2D eigenvalue weighted by Gasteiger charge is 2.37. The summed E-state index contributed by atoms with van der Waals surface area (Å²) < 4.78 is 34.8. The van der Waals surface area contributed by atoms with Gasteiger partial charge in [0.2, 0.25) is 0 Å². The number of hydrogen-bond donors (Lipinski definition) is 2. The predicted molar refractivity (Wildman–Crippen MR) is 270 cm³/mol. The zero-order valence-electron chi connectivity index (χ0n) is 44.4. The van der Waals surface area contributed by atoms with Gasteiger partial charge in [-0.25, -0.2) is 19.2 Å². The van der Waals surface area contributed by atoms with Crippen molar-refractivity contribution >= 4 is 23.9 Å². The van der Waals surface area contributed by atoms with Gasteiger partial charge in [-0.3, -0.25) is 0 Å². The number of phenols is 2. The Hall–Kier alpha value is -6.04. The monoisotopic (exact) mass is 965 g/mol. The number of carbonyl (C=O) groups excluding carboxylic acids is 4. The Bertz CT molecular complexity index is 2280. The quantitative estimate of drug-likeness (QED) is 0.0692. The molecular formula is C58H76O12. The number of esters is 4. The number of rotatable bonds is 12. The molecule has 0 unspecified atom stereocenters. The van der Waals surface area contributed by atoms with Crippen LogP contribution in [0, 0.1) is 0 Å². The minimum Gasteiger partial charge on any atom is -0.507 e. The van der Waals surface area contributed by atoms with Crippen LogP contribution >= 0.6 is 0 Å². The molecule has 2 N–H and O–H groups in total.